The molecule has 0 atom stereocenters. The first-order chi connectivity index (χ1) is 12.3. The van der Waals surface area contributed by atoms with Crippen LogP contribution >= 0.6 is 24.0 Å². The minimum atomic E-state index is 0. The summed E-state index contributed by atoms with van der Waals surface area (Å²) >= 11 is 0. The summed E-state index contributed by atoms with van der Waals surface area (Å²) in [4.78, 5) is 4.73. The second kappa shape index (κ2) is 14.9. The third kappa shape index (κ3) is 9.74. The molecule has 2 fully saturated rings. The number of guanidine groups is 1. The Morgan fingerprint density at radius 2 is 1.77 bits per heavy atom. The maximum Gasteiger partial charge on any atom is 0.191 e. The van der Waals surface area contributed by atoms with Gasteiger partial charge in [-0.25, -0.2) is 0 Å². The average Bonchev–Trinajstić information content (AvgIpc) is 2.66. The molecule has 0 aromatic carbocycles. The van der Waals surface area contributed by atoms with Crippen LogP contribution in [0.2, 0.25) is 0 Å². The van der Waals surface area contributed by atoms with Gasteiger partial charge < -0.3 is 20.1 Å². The van der Waals surface area contributed by atoms with Gasteiger partial charge in [-0.3, -0.25) is 4.99 Å². The van der Waals surface area contributed by atoms with Crippen LogP contribution in [0.3, 0.4) is 0 Å². The van der Waals surface area contributed by atoms with Crippen LogP contribution in [0.4, 0.5) is 0 Å². The molecule has 0 bridgehead atoms. The smallest absolute Gasteiger partial charge is 0.191 e. The Labute approximate surface area is 177 Å². The Bertz CT molecular complexity index is 368. The number of nitrogens with zero attached hydrogens (tertiary/aromatic N) is 1. The number of hydrogen-bond donors (Lipinski definition) is 2. The van der Waals surface area contributed by atoms with Crippen molar-refractivity contribution >= 4 is 29.9 Å². The summed E-state index contributed by atoms with van der Waals surface area (Å²) in [6.07, 6.45) is 9.87. The highest BCUT2D eigenvalue weighted by atomic mass is 127. The van der Waals surface area contributed by atoms with Crippen molar-refractivity contribution in [2.24, 2.45) is 16.8 Å². The normalized spacial score (nSPS) is 24.8. The molecule has 26 heavy (non-hydrogen) atoms. The molecular formula is C20H40IN3O2. The molecule has 0 aromatic heterocycles. The zero-order valence-corrected chi connectivity index (χ0v) is 19.1. The van der Waals surface area contributed by atoms with Crippen LogP contribution in [0, 0.1) is 11.8 Å². The lowest BCUT2D eigenvalue weighted by atomic mass is 9.84. The molecule has 6 heteroatoms. The summed E-state index contributed by atoms with van der Waals surface area (Å²) in [5, 5.41) is 7.01. The van der Waals surface area contributed by atoms with Crippen LogP contribution in [-0.2, 0) is 9.47 Å². The lowest BCUT2D eigenvalue weighted by Gasteiger charge is -2.29. The monoisotopic (exact) mass is 481 g/mol. The van der Waals surface area contributed by atoms with Crippen molar-refractivity contribution in [3.63, 3.8) is 0 Å². The van der Waals surface area contributed by atoms with Gasteiger partial charge in [0.15, 0.2) is 5.96 Å². The van der Waals surface area contributed by atoms with Crippen LogP contribution in [0.15, 0.2) is 4.99 Å². The van der Waals surface area contributed by atoms with Crippen molar-refractivity contribution in [1.29, 1.82) is 0 Å². The fourth-order valence-electron chi connectivity index (χ4n) is 3.75. The van der Waals surface area contributed by atoms with Gasteiger partial charge in [0, 0.05) is 45.6 Å². The Balaban J connectivity index is 0.00000338. The average molecular weight is 481 g/mol. The Hall–Kier alpha value is -0.0800. The van der Waals surface area contributed by atoms with Gasteiger partial charge in [-0.1, -0.05) is 13.3 Å². The summed E-state index contributed by atoms with van der Waals surface area (Å²) in [5.74, 6) is 2.60. The van der Waals surface area contributed by atoms with Gasteiger partial charge >= 0.3 is 0 Å². The Morgan fingerprint density at radius 3 is 2.42 bits per heavy atom. The van der Waals surface area contributed by atoms with Crippen molar-refractivity contribution in [3.8, 4) is 0 Å². The Morgan fingerprint density at radius 1 is 1.04 bits per heavy atom. The number of rotatable bonds is 9. The van der Waals surface area contributed by atoms with E-state index in [1.54, 1.807) is 0 Å². The van der Waals surface area contributed by atoms with Gasteiger partial charge in [0.25, 0.3) is 0 Å². The minimum absolute atomic E-state index is 0. The van der Waals surface area contributed by atoms with Crippen molar-refractivity contribution in [3.05, 3.63) is 0 Å². The number of nitrogens with one attached hydrogen (secondary N) is 2. The van der Waals surface area contributed by atoms with Crippen molar-refractivity contribution in [2.75, 3.05) is 39.5 Å². The second-order valence-corrected chi connectivity index (χ2v) is 7.52. The zero-order chi connectivity index (χ0) is 17.7. The minimum Gasteiger partial charge on any atom is -0.381 e. The maximum absolute atomic E-state index is 5.82. The van der Waals surface area contributed by atoms with E-state index in [4.69, 9.17) is 14.5 Å². The molecule has 1 saturated heterocycles. The molecule has 1 heterocycles. The highest BCUT2D eigenvalue weighted by Crippen LogP contribution is 2.26. The van der Waals surface area contributed by atoms with E-state index < -0.39 is 0 Å². The van der Waals surface area contributed by atoms with Crippen LogP contribution in [0.25, 0.3) is 0 Å². The highest BCUT2D eigenvalue weighted by molar-refractivity contribution is 14.0. The third-order valence-corrected chi connectivity index (χ3v) is 5.52. The van der Waals surface area contributed by atoms with Gasteiger partial charge in [-0.15, -0.1) is 24.0 Å². The van der Waals surface area contributed by atoms with Gasteiger partial charge in [0.2, 0.25) is 0 Å². The molecule has 0 radical (unpaired) electrons. The fourth-order valence-corrected chi connectivity index (χ4v) is 3.75. The highest BCUT2D eigenvalue weighted by Gasteiger charge is 2.20. The van der Waals surface area contributed by atoms with E-state index in [1.807, 2.05) is 0 Å². The number of hydrogen-bond acceptors (Lipinski definition) is 3. The topological polar surface area (TPSA) is 54.9 Å². The largest absolute Gasteiger partial charge is 0.381 e. The third-order valence-electron chi connectivity index (χ3n) is 5.52. The quantitative estimate of drug-likeness (QED) is 0.227. The number of halogens is 1. The second-order valence-electron chi connectivity index (χ2n) is 7.52. The SMILES string of the molecule is CCNC(=NCCCOCC1CCOCC1)NC1CCC(CC)CC1.I. The molecule has 2 rings (SSSR count). The molecule has 1 aliphatic heterocycles. The van der Waals surface area contributed by atoms with Gasteiger partial charge in [0.05, 0.1) is 0 Å². The summed E-state index contributed by atoms with van der Waals surface area (Å²) in [7, 11) is 0. The Kier molecular flexibility index (Phi) is 13.7. The molecule has 5 nitrogen and oxygen atoms in total. The summed E-state index contributed by atoms with van der Waals surface area (Å²) in [6, 6.07) is 0.588. The van der Waals surface area contributed by atoms with E-state index in [9.17, 15) is 0 Å². The first-order valence-electron chi connectivity index (χ1n) is 10.5. The van der Waals surface area contributed by atoms with Crippen LogP contribution < -0.4 is 10.6 Å². The van der Waals surface area contributed by atoms with E-state index in [1.165, 1.54) is 32.1 Å². The number of aliphatic imine (C=N–C) groups is 1. The molecule has 154 valence electrons. The van der Waals surface area contributed by atoms with Gasteiger partial charge in [-0.2, -0.15) is 0 Å². The first kappa shape index (κ1) is 24.0. The van der Waals surface area contributed by atoms with Crippen LogP contribution in [0.1, 0.15) is 65.2 Å². The van der Waals surface area contributed by atoms with E-state index in [0.717, 1.165) is 70.7 Å². The van der Waals surface area contributed by atoms with Crippen LogP contribution in [0.5, 0.6) is 0 Å². The van der Waals surface area contributed by atoms with E-state index in [2.05, 4.69) is 24.5 Å². The maximum atomic E-state index is 5.82. The predicted molar refractivity (Wildman–Crippen MR) is 120 cm³/mol. The van der Waals surface area contributed by atoms with Gasteiger partial charge in [-0.05, 0) is 63.7 Å². The van der Waals surface area contributed by atoms with E-state index in [0.29, 0.717) is 12.0 Å². The molecule has 2 aliphatic rings. The standard InChI is InChI=1S/C20H39N3O2.HI/c1-3-17-6-8-19(9-7-17)23-20(21-4-2)22-12-5-13-25-16-18-10-14-24-15-11-18;/h17-19H,3-16H2,1-2H3,(H2,21,22,23);1H. The van der Waals surface area contributed by atoms with Crippen molar-refractivity contribution < 1.29 is 9.47 Å². The molecular weight excluding hydrogens is 441 g/mol. The van der Waals surface area contributed by atoms with E-state index in [-0.39, 0.29) is 24.0 Å². The molecule has 0 aromatic rings. The number of ether oxygens (including phenoxy) is 2. The van der Waals surface area contributed by atoms with E-state index >= 15 is 0 Å². The molecule has 0 spiro atoms. The van der Waals surface area contributed by atoms with Crippen molar-refractivity contribution in [2.45, 2.75) is 71.3 Å². The molecule has 1 aliphatic carbocycles. The lowest BCUT2D eigenvalue weighted by Crippen LogP contribution is -2.45. The fraction of sp³-hybridized carbons (Fsp3) is 0.950. The molecule has 2 N–H and O–H groups in total. The summed E-state index contributed by atoms with van der Waals surface area (Å²) < 4.78 is 11.2. The predicted octanol–water partition coefficient (Wildman–Crippen LogP) is 3.96. The van der Waals surface area contributed by atoms with Gasteiger partial charge in [0.1, 0.15) is 0 Å². The summed E-state index contributed by atoms with van der Waals surface area (Å²) in [5.41, 5.74) is 0. The first-order valence-corrected chi connectivity index (χ1v) is 10.5. The van der Waals surface area contributed by atoms with Crippen molar-refractivity contribution in [1.82, 2.24) is 10.6 Å². The molecule has 0 amide bonds. The van der Waals surface area contributed by atoms with Crippen LogP contribution in [-0.4, -0.2) is 51.5 Å². The molecule has 1 saturated carbocycles. The lowest BCUT2D eigenvalue weighted by molar-refractivity contribution is 0.0205. The molecule has 0 unspecified atom stereocenters. The zero-order valence-electron chi connectivity index (χ0n) is 16.8. The summed E-state index contributed by atoms with van der Waals surface area (Å²) in [6.45, 7) is 9.67.